The van der Waals surface area contributed by atoms with E-state index in [2.05, 4.69) is 5.32 Å². The van der Waals surface area contributed by atoms with Gasteiger partial charge in [0.2, 0.25) is 0 Å². The van der Waals surface area contributed by atoms with Crippen molar-refractivity contribution in [1.82, 2.24) is 10.8 Å². The second kappa shape index (κ2) is 6.88. The van der Waals surface area contributed by atoms with Gasteiger partial charge in [0.15, 0.2) is 0 Å². The fourth-order valence-corrected chi connectivity index (χ4v) is 1.61. The minimum atomic E-state index is -1.22. The fraction of sp³-hybridized carbons (Fsp3) is 0.385. The molecular weight excluding hydrogens is 262 g/mol. The molecule has 0 unspecified atom stereocenters. The van der Waals surface area contributed by atoms with E-state index in [1.807, 2.05) is 19.0 Å². The number of hydrogen-bond acceptors (Lipinski definition) is 5. The van der Waals surface area contributed by atoms with E-state index in [0.717, 1.165) is 5.69 Å². The maximum atomic E-state index is 12.0. The molecule has 110 valence electrons. The van der Waals surface area contributed by atoms with Gasteiger partial charge in [0.25, 0.3) is 11.8 Å². The summed E-state index contributed by atoms with van der Waals surface area (Å²) >= 11 is 0. The molecule has 20 heavy (non-hydrogen) atoms. The smallest absolute Gasteiger partial charge is 0.268 e. The van der Waals surface area contributed by atoms with Crippen molar-refractivity contribution in [2.45, 2.75) is 19.1 Å². The molecular formula is C13H19N3O4. The molecule has 7 heteroatoms. The standard InChI is InChI=1S/C13H19N3O4/c1-8(17)11(13(19)15-20)14-12(18)9-4-6-10(7-5-9)16(2)3/h4-8,11,17,20H,1-3H3,(H,14,18)(H,15,19)/t8-,11+/m1/s1. The van der Waals surface area contributed by atoms with Gasteiger partial charge >= 0.3 is 0 Å². The van der Waals surface area contributed by atoms with Gasteiger partial charge in [-0.15, -0.1) is 0 Å². The number of carbonyl (C=O) groups excluding carboxylic acids is 2. The van der Waals surface area contributed by atoms with Gasteiger partial charge in [-0.05, 0) is 31.2 Å². The zero-order valence-electron chi connectivity index (χ0n) is 11.6. The van der Waals surface area contributed by atoms with Crippen LogP contribution in [0.15, 0.2) is 24.3 Å². The largest absolute Gasteiger partial charge is 0.391 e. The molecule has 0 radical (unpaired) electrons. The number of hydrogen-bond donors (Lipinski definition) is 4. The Morgan fingerprint density at radius 1 is 1.20 bits per heavy atom. The highest BCUT2D eigenvalue weighted by Gasteiger charge is 2.25. The molecule has 0 saturated carbocycles. The first-order valence-corrected chi connectivity index (χ1v) is 6.07. The van der Waals surface area contributed by atoms with Gasteiger partial charge in [0.05, 0.1) is 6.10 Å². The van der Waals surface area contributed by atoms with Gasteiger partial charge in [-0.3, -0.25) is 14.8 Å². The number of nitrogens with zero attached hydrogens (tertiary/aromatic N) is 1. The molecule has 1 aromatic rings. The van der Waals surface area contributed by atoms with Crippen molar-refractivity contribution in [3.8, 4) is 0 Å². The van der Waals surface area contributed by atoms with Crippen LogP contribution in [0.4, 0.5) is 5.69 Å². The van der Waals surface area contributed by atoms with Crippen LogP contribution in [0.25, 0.3) is 0 Å². The number of rotatable bonds is 5. The second-order valence-electron chi connectivity index (χ2n) is 4.61. The summed E-state index contributed by atoms with van der Waals surface area (Å²) in [4.78, 5) is 25.2. The molecule has 4 N–H and O–H groups in total. The molecule has 7 nitrogen and oxygen atoms in total. The Labute approximate surface area is 117 Å². The Balaban J connectivity index is 2.81. The van der Waals surface area contributed by atoms with Crippen LogP contribution in [-0.4, -0.2) is 48.4 Å². The van der Waals surface area contributed by atoms with Gasteiger partial charge in [-0.25, -0.2) is 5.48 Å². The highest BCUT2D eigenvalue weighted by molar-refractivity contribution is 5.97. The van der Waals surface area contributed by atoms with Crippen molar-refractivity contribution in [2.75, 3.05) is 19.0 Å². The Bertz CT molecular complexity index is 471. The summed E-state index contributed by atoms with van der Waals surface area (Å²) in [6.07, 6.45) is -1.13. The molecule has 0 saturated heterocycles. The number of nitrogens with one attached hydrogen (secondary N) is 2. The van der Waals surface area contributed by atoms with Gasteiger partial charge in [-0.2, -0.15) is 0 Å². The van der Waals surface area contributed by atoms with E-state index in [0.29, 0.717) is 5.56 Å². The zero-order chi connectivity index (χ0) is 15.3. The van der Waals surface area contributed by atoms with Crippen molar-refractivity contribution in [1.29, 1.82) is 0 Å². The van der Waals surface area contributed by atoms with E-state index in [4.69, 9.17) is 5.21 Å². The quantitative estimate of drug-likeness (QED) is 0.440. The van der Waals surface area contributed by atoms with Crippen LogP contribution in [0, 0.1) is 0 Å². The lowest BCUT2D eigenvalue weighted by Crippen LogP contribution is -2.51. The van der Waals surface area contributed by atoms with Crippen molar-refractivity contribution >= 4 is 17.5 Å². The lowest BCUT2D eigenvalue weighted by Gasteiger charge is -2.19. The molecule has 0 aliphatic heterocycles. The molecule has 0 aromatic heterocycles. The van der Waals surface area contributed by atoms with E-state index in [9.17, 15) is 14.7 Å². The predicted octanol–water partition coefficient (Wildman–Crippen LogP) is -0.263. The molecule has 2 amide bonds. The van der Waals surface area contributed by atoms with Gasteiger partial charge in [-0.1, -0.05) is 0 Å². The molecule has 0 aliphatic rings. The SMILES string of the molecule is C[C@@H](O)[C@H](NC(=O)c1ccc(N(C)C)cc1)C(=O)NO. The zero-order valence-corrected chi connectivity index (χ0v) is 11.6. The molecule has 0 bridgehead atoms. The van der Waals surface area contributed by atoms with Crippen molar-refractivity contribution in [3.63, 3.8) is 0 Å². The minimum Gasteiger partial charge on any atom is -0.391 e. The summed E-state index contributed by atoms with van der Waals surface area (Å²) < 4.78 is 0. The van der Waals surface area contributed by atoms with Gasteiger partial charge < -0.3 is 15.3 Å². The third kappa shape index (κ3) is 3.94. The van der Waals surface area contributed by atoms with Crippen LogP contribution < -0.4 is 15.7 Å². The van der Waals surface area contributed by atoms with Gasteiger partial charge in [0, 0.05) is 25.3 Å². The average Bonchev–Trinajstić information content (AvgIpc) is 2.43. The van der Waals surface area contributed by atoms with E-state index in [1.54, 1.807) is 24.3 Å². The third-order valence-corrected chi connectivity index (χ3v) is 2.81. The maximum Gasteiger partial charge on any atom is 0.268 e. The van der Waals surface area contributed by atoms with Crippen LogP contribution in [0.2, 0.25) is 0 Å². The predicted molar refractivity (Wildman–Crippen MR) is 73.6 cm³/mol. The number of anilines is 1. The molecule has 0 aliphatic carbocycles. The Hall–Kier alpha value is -2.12. The first-order chi connectivity index (χ1) is 9.36. The van der Waals surface area contributed by atoms with E-state index >= 15 is 0 Å². The Kier molecular flexibility index (Phi) is 5.48. The first-order valence-electron chi connectivity index (χ1n) is 6.07. The molecule has 2 atom stereocenters. The lowest BCUT2D eigenvalue weighted by molar-refractivity contribution is -0.133. The van der Waals surface area contributed by atoms with E-state index in [-0.39, 0.29) is 0 Å². The monoisotopic (exact) mass is 281 g/mol. The normalized spacial score (nSPS) is 13.2. The van der Waals surface area contributed by atoms with Crippen LogP contribution in [0.3, 0.4) is 0 Å². The number of aliphatic hydroxyl groups excluding tert-OH is 1. The number of aliphatic hydroxyl groups is 1. The number of hydroxylamine groups is 1. The highest BCUT2D eigenvalue weighted by Crippen LogP contribution is 2.12. The summed E-state index contributed by atoms with van der Waals surface area (Å²) in [5.74, 6) is -1.39. The summed E-state index contributed by atoms with van der Waals surface area (Å²) in [5, 5.41) is 20.4. The average molecular weight is 281 g/mol. The fourth-order valence-electron chi connectivity index (χ4n) is 1.61. The van der Waals surface area contributed by atoms with Crippen molar-refractivity contribution in [2.24, 2.45) is 0 Å². The molecule has 1 rings (SSSR count). The van der Waals surface area contributed by atoms with Gasteiger partial charge in [0.1, 0.15) is 6.04 Å². The molecule has 0 heterocycles. The van der Waals surface area contributed by atoms with Crippen LogP contribution in [0.1, 0.15) is 17.3 Å². The number of benzene rings is 1. The highest BCUT2D eigenvalue weighted by atomic mass is 16.5. The first kappa shape index (κ1) is 15.9. The summed E-state index contributed by atoms with van der Waals surface area (Å²) in [7, 11) is 3.76. The van der Waals surface area contributed by atoms with Crippen molar-refractivity contribution < 1.29 is 19.9 Å². The Morgan fingerprint density at radius 2 is 1.75 bits per heavy atom. The summed E-state index contributed by atoms with van der Waals surface area (Å²) in [5.41, 5.74) is 2.69. The van der Waals surface area contributed by atoms with Crippen LogP contribution in [-0.2, 0) is 4.79 Å². The van der Waals surface area contributed by atoms with Crippen molar-refractivity contribution in [3.05, 3.63) is 29.8 Å². The maximum absolute atomic E-state index is 12.0. The number of amides is 2. The topological polar surface area (TPSA) is 102 Å². The molecule has 0 spiro atoms. The third-order valence-electron chi connectivity index (χ3n) is 2.81. The Morgan fingerprint density at radius 3 is 2.15 bits per heavy atom. The second-order valence-corrected chi connectivity index (χ2v) is 4.61. The summed E-state index contributed by atoms with van der Waals surface area (Å²) in [6, 6.07) is 5.53. The van der Waals surface area contributed by atoms with E-state index in [1.165, 1.54) is 12.4 Å². The van der Waals surface area contributed by atoms with Crippen LogP contribution >= 0.6 is 0 Å². The molecule has 1 aromatic carbocycles. The molecule has 0 fully saturated rings. The van der Waals surface area contributed by atoms with E-state index < -0.39 is 24.0 Å². The lowest BCUT2D eigenvalue weighted by atomic mass is 10.1. The summed E-state index contributed by atoms with van der Waals surface area (Å²) in [6.45, 7) is 1.34. The number of carbonyl (C=O) groups is 2. The minimum absolute atomic E-state index is 0.354. The van der Waals surface area contributed by atoms with Crippen LogP contribution in [0.5, 0.6) is 0 Å².